The van der Waals surface area contributed by atoms with Gasteiger partial charge in [-0.25, -0.2) is 0 Å². The van der Waals surface area contributed by atoms with Gasteiger partial charge in [0.2, 0.25) is 5.91 Å². The van der Waals surface area contributed by atoms with E-state index in [4.69, 9.17) is 0 Å². The van der Waals surface area contributed by atoms with Crippen LogP contribution in [0.1, 0.15) is 5.56 Å². The number of anilines is 1. The second kappa shape index (κ2) is 8.73. The third-order valence-electron chi connectivity index (χ3n) is 3.11. The van der Waals surface area contributed by atoms with Crippen molar-refractivity contribution in [2.24, 2.45) is 0 Å². The fourth-order valence-corrected chi connectivity index (χ4v) is 1.98. The van der Waals surface area contributed by atoms with Gasteiger partial charge < -0.3 is 15.4 Å². The molecule has 0 heterocycles. The summed E-state index contributed by atoms with van der Waals surface area (Å²) in [4.78, 5) is 11.7. The maximum atomic E-state index is 12.0. The summed E-state index contributed by atoms with van der Waals surface area (Å²) in [6.45, 7) is -2.15. The summed E-state index contributed by atoms with van der Waals surface area (Å²) in [7, 11) is 0. The summed E-state index contributed by atoms with van der Waals surface area (Å²) in [6, 6.07) is 15.8. The smallest absolute Gasteiger partial charge is 0.387 e. The van der Waals surface area contributed by atoms with E-state index >= 15 is 0 Å². The first-order chi connectivity index (χ1) is 11.1. The van der Waals surface area contributed by atoms with E-state index in [2.05, 4.69) is 15.4 Å². The molecule has 0 aliphatic rings. The first kappa shape index (κ1) is 16.7. The molecule has 2 aromatic carbocycles. The number of hydrogen-bond donors (Lipinski definition) is 2. The van der Waals surface area contributed by atoms with Crippen LogP contribution in [0.5, 0.6) is 5.75 Å². The largest absolute Gasteiger partial charge is 0.435 e. The van der Waals surface area contributed by atoms with E-state index in [1.165, 1.54) is 12.1 Å². The van der Waals surface area contributed by atoms with Crippen molar-refractivity contribution < 1.29 is 18.3 Å². The number of alkyl halides is 2. The van der Waals surface area contributed by atoms with E-state index in [1.807, 2.05) is 30.3 Å². The van der Waals surface area contributed by atoms with E-state index in [0.29, 0.717) is 13.0 Å². The molecular formula is C17H18F2N2O2. The zero-order chi connectivity index (χ0) is 16.5. The second-order valence-electron chi connectivity index (χ2n) is 4.84. The molecule has 4 nitrogen and oxygen atoms in total. The number of carbonyl (C=O) groups excluding carboxylic acids is 1. The molecule has 0 fully saturated rings. The minimum atomic E-state index is -2.82. The molecule has 2 N–H and O–H groups in total. The summed E-state index contributed by atoms with van der Waals surface area (Å²) >= 11 is 0. The van der Waals surface area contributed by atoms with E-state index in [0.717, 1.165) is 11.3 Å². The van der Waals surface area contributed by atoms with Crippen LogP contribution in [0, 0.1) is 0 Å². The van der Waals surface area contributed by atoms with Gasteiger partial charge in [0.1, 0.15) is 5.75 Å². The molecule has 6 heteroatoms. The Balaban J connectivity index is 1.67. The van der Waals surface area contributed by atoms with Crippen molar-refractivity contribution in [3.8, 4) is 5.75 Å². The number of benzene rings is 2. The number of halogens is 2. The third kappa shape index (κ3) is 6.34. The Hall–Kier alpha value is -2.63. The van der Waals surface area contributed by atoms with Gasteiger partial charge in [-0.1, -0.05) is 30.3 Å². The Labute approximate surface area is 133 Å². The highest BCUT2D eigenvalue weighted by molar-refractivity contribution is 5.80. The minimum absolute atomic E-state index is 0.105. The van der Waals surface area contributed by atoms with Crippen molar-refractivity contribution in [2.45, 2.75) is 13.0 Å². The van der Waals surface area contributed by atoms with E-state index in [1.54, 1.807) is 12.1 Å². The van der Waals surface area contributed by atoms with E-state index in [-0.39, 0.29) is 18.2 Å². The van der Waals surface area contributed by atoms with Crippen molar-refractivity contribution in [2.75, 3.05) is 18.4 Å². The van der Waals surface area contributed by atoms with Crippen molar-refractivity contribution in [3.05, 3.63) is 60.2 Å². The van der Waals surface area contributed by atoms with Crippen LogP contribution in [0.25, 0.3) is 0 Å². The number of nitrogens with one attached hydrogen (secondary N) is 2. The molecule has 0 atom stereocenters. The molecule has 2 rings (SSSR count). The average Bonchev–Trinajstić information content (AvgIpc) is 2.55. The van der Waals surface area contributed by atoms with Gasteiger partial charge in [-0.15, -0.1) is 0 Å². The van der Waals surface area contributed by atoms with E-state index in [9.17, 15) is 13.6 Å². The summed E-state index contributed by atoms with van der Waals surface area (Å²) in [5.41, 5.74) is 1.82. The van der Waals surface area contributed by atoms with Crippen molar-refractivity contribution >= 4 is 11.6 Å². The van der Waals surface area contributed by atoms with Gasteiger partial charge >= 0.3 is 6.61 Å². The molecule has 0 bridgehead atoms. The lowest BCUT2D eigenvalue weighted by molar-refractivity contribution is -0.119. The van der Waals surface area contributed by atoms with E-state index < -0.39 is 6.61 Å². The topological polar surface area (TPSA) is 50.4 Å². The Kier molecular flexibility index (Phi) is 6.35. The number of rotatable bonds is 8. The number of ether oxygens (including phenoxy) is 1. The number of para-hydroxylation sites is 1. The van der Waals surface area contributed by atoms with Crippen molar-refractivity contribution in [1.82, 2.24) is 5.32 Å². The van der Waals surface area contributed by atoms with Gasteiger partial charge in [0.05, 0.1) is 6.54 Å². The lowest BCUT2D eigenvalue weighted by Crippen LogP contribution is -2.31. The maximum absolute atomic E-state index is 12.0. The maximum Gasteiger partial charge on any atom is 0.387 e. The number of amides is 1. The van der Waals surface area contributed by atoms with Crippen LogP contribution in [0.15, 0.2) is 54.6 Å². The van der Waals surface area contributed by atoms with Crippen LogP contribution in [0.3, 0.4) is 0 Å². The zero-order valence-corrected chi connectivity index (χ0v) is 12.5. The highest BCUT2D eigenvalue weighted by Crippen LogP contribution is 2.14. The molecule has 0 saturated heterocycles. The lowest BCUT2D eigenvalue weighted by atomic mass is 10.1. The van der Waals surface area contributed by atoms with Gasteiger partial charge in [-0.2, -0.15) is 8.78 Å². The Morgan fingerprint density at radius 2 is 1.74 bits per heavy atom. The molecule has 0 saturated carbocycles. The lowest BCUT2D eigenvalue weighted by Gasteiger charge is -2.08. The summed E-state index contributed by atoms with van der Waals surface area (Å²) in [5, 5.41) is 5.81. The molecule has 0 radical (unpaired) electrons. The molecule has 23 heavy (non-hydrogen) atoms. The normalized spacial score (nSPS) is 10.4. The van der Waals surface area contributed by atoms with Gasteiger partial charge in [0.15, 0.2) is 0 Å². The monoisotopic (exact) mass is 320 g/mol. The van der Waals surface area contributed by atoms with Gasteiger partial charge in [-0.05, 0) is 36.2 Å². The Morgan fingerprint density at radius 1 is 1.04 bits per heavy atom. The van der Waals surface area contributed by atoms with Gasteiger partial charge in [0.25, 0.3) is 0 Å². The predicted octanol–water partition coefficient (Wildman–Crippen LogP) is 3.06. The zero-order valence-electron chi connectivity index (χ0n) is 12.5. The molecule has 0 aliphatic heterocycles. The Bertz CT molecular complexity index is 604. The summed E-state index contributed by atoms with van der Waals surface area (Å²) in [6.07, 6.45) is 0.617. The fourth-order valence-electron chi connectivity index (χ4n) is 1.98. The molecular weight excluding hydrogens is 302 g/mol. The predicted molar refractivity (Wildman–Crippen MR) is 84.7 cm³/mol. The van der Waals surface area contributed by atoms with Gasteiger partial charge in [-0.3, -0.25) is 4.79 Å². The summed E-state index contributed by atoms with van der Waals surface area (Å²) in [5.74, 6) is 0.0198. The molecule has 0 aromatic heterocycles. The van der Waals surface area contributed by atoms with Crippen LogP contribution >= 0.6 is 0 Å². The quantitative estimate of drug-likeness (QED) is 0.786. The van der Waals surface area contributed by atoms with Crippen LogP contribution in [0.4, 0.5) is 14.5 Å². The van der Waals surface area contributed by atoms with Crippen LogP contribution in [-0.2, 0) is 11.2 Å². The molecule has 122 valence electrons. The average molecular weight is 320 g/mol. The first-order valence-electron chi connectivity index (χ1n) is 7.23. The van der Waals surface area contributed by atoms with Crippen molar-refractivity contribution in [1.29, 1.82) is 0 Å². The standard InChI is InChI=1S/C17H18F2N2O2/c18-17(19)23-15-8-6-13(7-9-15)10-11-20-16(22)12-21-14-4-2-1-3-5-14/h1-9,17,21H,10-12H2,(H,20,22). The van der Waals surface area contributed by atoms with Crippen LogP contribution in [-0.4, -0.2) is 25.6 Å². The number of hydrogen-bond acceptors (Lipinski definition) is 3. The molecule has 0 aliphatic carbocycles. The molecule has 1 amide bonds. The van der Waals surface area contributed by atoms with Crippen molar-refractivity contribution in [3.63, 3.8) is 0 Å². The Morgan fingerprint density at radius 3 is 2.39 bits per heavy atom. The number of carbonyl (C=O) groups is 1. The first-order valence-corrected chi connectivity index (χ1v) is 7.23. The SMILES string of the molecule is O=C(CNc1ccccc1)NCCc1ccc(OC(F)F)cc1. The molecule has 0 spiro atoms. The van der Waals surface area contributed by atoms with Gasteiger partial charge in [0, 0.05) is 12.2 Å². The fraction of sp³-hybridized carbons (Fsp3) is 0.235. The second-order valence-corrected chi connectivity index (χ2v) is 4.84. The molecule has 0 unspecified atom stereocenters. The summed E-state index contributed by atoms with van der Waals surface area (Å²) < 4.78 is 28.3. The molecule has 2 aromatic rings. The third-order valence-corrected chi connectivity index (χ3v) is 3.11. The van der Waals surface area contributed by atoms with Crippen LogP contribution < -0.4 is 15.4 Å². The highest BCUT2D eigenvalue weighted by Gasteiger charge is 2.04. The highest BCUT2D eigenvalue weighted by atomic mass is 19.3. The van der Waals surface area contributed by atoms with Crippen LogP contribution in [0.2, 0.25) is 0 Å². The minimum Gasteiger partial charge on any atom is -0.435 e.